The highest BCUT2D eigenvalue weighted by Crippen LogP contribution is 2.29. The van der Waals surface area contributed by atoms with Crippen molar-refractivity contribution in [2.45, 2.75) is 6.92 Å². The van der Waals surface area contributed by atoms with E-state index in [0.29, 0.717) is 22.7 Å². The summed E-state index contributed by atoms with van der Waals surface area (Å²) >= 11 is 0. The summed E-state index contributed by atoms with van der Waals surface area (Å²) in [6.45, 7) is 1.48. The minimum Gasteiger partial charge on any atom is -0.497 e. The van der Waals surface area contributed by atoms with Gasteiger partial charge in [-0.05, 0) is 31.2 Å². The molecule has 2 N–H and O–H groups in total. The maximum atomic E-state index is 12.0. The number of aromatic amines is 2. The lowest BCUT2D eigenvalue weighted by molar-refractivity contribution is 0.101. The second-order valence-corrected chi connectivity index (χ2v) is 5.34. The van der Waals surface area contributed by atoms with Gasteiger partial charge in [-0.3, -0.25) is 19.8 Å². The van der Waals surface area contributed by atoms with Crippen molar-refractivity contribution in [1.82, 2.24) is 10.2 Å². The Labute approximate surface area is 143 Å². The molecule has 3 aromatic rings. The molecule has 0 amide bonds. The topological polar surface area (TPSA) is 99.7 Å². The van der Waals surface area contributed by atoms with E-state index in [1.807, 2.05) is 18.2 Å². The summed E-state index contributed by atoms with van der Waals surface area (Å²) in [5.41, 5.74) is 2.04. The van der Waals surface area contributed by atoms with Gasteiger partial charge in [0.1, 0.15) is 5.75 Å². The van der Waals surface area contributed by atoms with Crippen molar-refractivity contribution in [2.24, 2.45) is 10.2 Å². The van der Waals surface area contributed by atoms with Crippen molar-refractivity contribution >= 4 is 17.2 Å². The number of nitrogens with one attached hydrogen (secondary N) is 2. The molecule has 0 saturated heterocycles. The van der Waals surface area contributed by atoms with Crippen LogP contribution in [0.4, 0.5) is 11.4 Å². The van der Waals surface area contributed by atoms with Gasteiger partial charge in [0.2, 0.25) is 0 Å². The maximum Gasteiger partial charge on any atom is 0.292 e. The number of nitrogens with zero attached hydrogens (tertiary/aromatic N) is 2. The van der Waals surface area contributed by atoms with Gasteiger partial charge in [0.15, 0.2) is 11.5 Å². The van der Waals surface area contributed by atoms with Crippen molar-refractivity contribution in [3.05, 3.63) is 64.4 Å². The van der Waals surface area contributed by atoms with E-state index in [9.17, 15) is 9.59 Å². The highest BCUT2D eigenvalue weighted by Gasteiger charge is 2.12. The fourth-order valence-electron chi connectivity index (χ4n) is 2.33. The van der Waals surface area contributed by atoms with Gasteiger partial charge < -0.3 is 4.74 Å². The summed E-state index contributed by atoms with van der Waals surface area (Å²) in [6.07, 6.45) is 0. The number of hydrogen-bond donors (Lipinski definition) is 2. The van der Waals surface area contributed by atoms with E-state index in [1.54, 1.807) is 37.4 Å². The number of azo groups is 1. The largest absolute Gasteiger partial charge is 0.497 e. The molecule has 0 atom stereocenters. The zero-order chi connectivity index (χ0) is 17.8. The normalized spacial score (nSPS) is 11.0. The van der Waals surface area contributed by atoms with Crippen LogP contribution in [0, 0.1) is 0 Å². The number of benzene rings is 2. The van der Waals surface area contributed by atoms with E-state index in [-0.39, 0.29) is 17.0 Å². The average Bonchev–Trinajstić information content (AvgIpc) is 3.01. The molecule has 1 aromatic heterocycles. The molecular weight excluding hydrogens is 320 g/mol. The van der Waals surface area contributed by atoms with Crippen molar-refractivity contribution in [2.75, 3.05) is 7.11 Å². The van der Waals surface area contributed by atoms with Gasteiger partial charge in [-0.25, -0.2) is 0 Å². The third-order valence-corrected chi connectivity index (χ3v) is 3.63. The van der Waals surface area contributed by atoms with Crippen LogP contribution < -0.4 is 10.3 Å². The quantitative estimate of drug-likeness (QED) is 0.544. The minimum atomic E-state index is -0.385. The smallest absolute Gasteiger partial charge is 0.292 e. The molecule has 0 bridgehead atoms. The van der Waals surface area contributed by atoms with Crippen molar-refractivity contribution in [3.8, 4) is 17.0 Å². The first-order valence-corrected chi connectivity index (χ1v) is 7.56. The number of methoxy groups -OCH3 is 1. The van der Waals surface area contributed by atoms with Crippen LogP contribution in [0.5, 0.6) is 5.75 Å². The molecule has 0 saturated carbocycles. The molecule has 0 spiro atoms. The number of ketones is 1. The number of ether oxygens (including phenoxy) is 1. The van der Waals surface area contributed by atoms with E-state index >= 15 is 0 Å². The molecule has 0 fully saturated rings. The predicted molar refractivity (Wildman–Crippen MR) is 94.0 cm³/mol. The number of carbonyl (C=O) groups is 1. The number of hydrogen-bond acceptors (Lipinski definition) is 5. The van der Waals surface area contributed by atoms with Gasteiger partial charge in [0, 0.05) is 11.1 Å². The van der Waals surface area contributed by atoms with Gasteiger partial charge in [-0.2, -0.15) is 5.11 Å². The lowest BCUT2D eigenvalue weighted by atomic mass is 10.1. The summed E-state index contributed by atoms with van der Waals surface area (Å²) < 4.78 is 5.20. The zero-order valence-corrected chi connectivity index (χ0v) is 13.7. The first-order valence-electron chi connectivity index (χ1n) is 7.56. The lowest BCUT2D eigenvalue weighted by Gasteiger charge is -2.03. The van der Waals surface area contributed by atoms with Crippen molar-refractivity contribution in [3.63, 3.8) is 0 Å². The molecule has 7 nitrogen and oxygen atoms in total. The van der Waals surface area contributed by atoms with E-state index in [0.717, 1.165) is 5.56 Å². The molecular formula is C18H16N4O3. The summed E-state index contributed by atoms with van der Waals surface area (Å²) in [5.74, 6) is 0.602. The Bertz CT molecular complexity index is 1000. The summed E-state index contributed by atoms with van der Waals surface area (Å²) in [5, 5.41) is 13.5. The Morgan fingerprint density at radius 3 is 2.60 bits per heavy atom. The highest BCUT2D eigenvalue weighted by molar-refractivity contribution is 5.94. The molecule has 25 heavy (non-hydrogen) atoms. The number of H-pyrrole nitrogens is 2. The molecule has 126 valence electrons. The summed E-state index contributed by atoms with van der Waals surface area (Å²) in [4.78, 5) is 23.5. The van der Waals surface area contributed by atoms with Gasteiger partial charge in [-0.15, -0.1) is 5.11 Å². The predicted octanol–water partition coefficient (Wildman–Crippen LogP) is 4.00. The second kappa shape index (κ2) is 6.96. The van der Waals surface area contributed by atoms with Crippen LogP contribution in [0.25, 0.3) is 11.3 Å². The fourth-order valence-corrected chi connectivity index (χ4v) is 2.33. The SMILES string of the molecule is COc1cccc(-c2[nH][nH]c(=O)c2N=Nc2cccc(C(C)=O)c2)c1. The van der Waals surface area contributed by atoms with Crippen LogP contribution in [0.1, 0.15) is 17.3 Å². The van der Waals surface area contributed by atoms with Crippen LogP contribution in [0.3, 0.4) is 0 Å². The maximum absolute atomic E-state index is 12.0. The van der Waals surface area contributed by atoms with E-state index in [1.165, 1.54) is 6.92 Å². The summed E-state index contributed by atoms with van der Waals surface area (Å²) in [6, 6.07) is 14.0. The van der Waals surface area contributed by atoms with Crippen LogP contribution in [-0.4, -0.2) is 23.1 Å². The number of aromatic nitrogens is 2. The monoisotopic (exact) mass is 336 g/mol. The van der Waals surface area contributed by atoms with Crippen molar-refractivity contribution < 1.29 is 9.53 Å². The highest BCUT2D eigenvalue weighted by atomic mass is 16.5. The Kier molecular flexibility index (Phi) is 4.56. The minimum absolute atomic E-state index is 0.0615. The molecule has 3 rings (SSSR count). The second-order valence-electron chi connectivity index (χ2n) is 5.34. The molecule has 2 aromatic carbocycles. The van der Waals surface area contributed by atoms with Gasteiger partial charge >= 0.3 is 0 Å². The van der Waals surface area contributed by atoms with Crippen molar-refractivity contribution in [1.29, 1.82) is 0 Å². The fraction of sp³-hybridized carbons (Fsp3) is 0.111. The average molecular weight is 336 g/mol. The number of carbonyl (C=O) groups excluding carboxylic acids is 1. The van der Waals surface area contributed by atoms with E-state index in [4.69, 9.17) is 4.74 Å². The Morgan fingerprint density at radius 2 is 1.84 bits per heavy atom. The number of Topliss-reactive ketones (excluding diaryl/α,β-unsaturated/α-hetero) is 1. The first-order chi connectivity index (χ1) is 12.1. The molecule has 0 aliphatic rings. The van der Waals surface area contributed by atoms with E-state index < -0.39 is 0 Å². The third-order valence-electron chi connectivity index (χ3n) is 3.63. The van der Waals surface area contributed by atoms with Gasteiger partial charge in [-0.1, -0.05) is 24.3 Å². The van der Waals surface area contributed by atoms with E-state index in [2.05, 4.69) is 20.4 Å². The van der Waals surface area contributed by atoms with Gasteiger partial charge in [0.05, 0.1) is 18.5 Å². The molecule has 0 unspecified atom stereocenters. The third kappa shape index (κ3) is 3.55. The van der Waals surface area contributed by atoms with Gasteiger partial charge in [0.25, 0.3) is 5.56 Å². The Hall–Kier alpha value is -3.48. The Balaban J connectivity index is 1.98. The molecule has 0 radical (unpaired) electrons. The molecule has 0 aliphatic carbocycles. The zero-order valence-electron chi connectivity index (χ0n) is 13.7. The standard InChI is InChI=1S/C18H16N4O3/c1-11(23)12-5-3-7-14(9-12)19-21-17-16(20-22-18(17)24)13-6-4-8-15(10-13)25-2/h3-10H,1-2H3,(H2,20,22,24). The molecule has 7 heteroatoms. The van der Waals surface area contributed by atoms with Crippen LogP contribution in [-0.2, 0) is 0 Å². The van der Waals surface area contributed by atoms with Crippen LogP contribution in [0.15, 0.2) is 63.6 Å². The van der Waals surface area contributed by atoms with Crippen LogP contribution in [0.2, 0.25) is 0 Å². The number of rotatable bonds is 5. The molecule has 1 heterocycles. The van der Waals surface area contributed by atoms with Crippen LogP contribution >= 0.6 is 0 Å². The lowest BCUT2D eigenvalue weighted by Crippen LogP contribution is -1.96. The Morgan fingerprint density at radius 1 is 1.04 bits per heavy atom. The molecule has 0 aliphatic heterocycles. The first kappa shape index (κ1) is 16.4. The summed E-state index contributed by atoms with van der Waals surface area (Å²) in [7, 11) is 1.57.